The molecule has 0 saturated heterocycles. The molecule has 2 amide bonds. The van der Waals surface area contributed by atoms with Gasteiger partial charge >= 0.3 is 6.09 Å². The van der Waals surface area contributed by atoms with Gasteiger partial charge in [0.15, 0.2) is 0 Å². The molecular weight excluding hydrogens is 330 g/mol. The zero-order valence-electron chi connectivity index (χ0n) is 14.7. The molecule has 134 valence electrons. The second kappa shape index (κ2) is 7.82. The van der Waals surface area contributed by atoms with Crippen LogP contribution in [0.3, 0.4) is 0 Å². The number of nitrogens with zero attached hydrogens (tertiary/aromatic N) is 1. The first kappa shape index (κ1) is 17.7. The number of para-hydroxylation sites is 1. The maximum atomic E-state index is 12.6. The van der Waals surface area contributed by atoms with Crippen LogP contribution in [-0.2, 0) is 9.53 Å². The quantitative estimate of drug-likeness (QED) is 0.887. The second-order valence-electron chi connectivity index (χ2n) is 6.05. The largest absolute Gasteiger partial charge is 0.447 e. The van der Waals surface area contributed by atoms with E-state index in [1.54, 1.807) is 6.92 Å². The number of aliphatic imine (C=N–C) groups is 1. The van der Waals surface area contributed by atoms with Crippen molar-refractivity contribution < 1.29 is 14.3 Å². The van der Waals surface area contributed by atoms with Crippen LogP contribution >= 0.6 is 0 Å². The van der Waals surface area contributed by atoms with Gasteiger partial charge in [0.25, 0.3) is 5.91 Å². The Labute approximate surface area is 152 Å². The Kier molecular flexibility index (Phi) is 5.31. The SMILES string of the molecule is CCC(C)OC(=O)NC1N=C(c2ccccc2)c2ccccc2NC1=O. The first-order chi connectivity index (χ1) is 12.6. The molecule has 2 aromatic carbocycles. The second-order valence-corrected chi connectivity index (χ2v) is 6.05. The van der Waals surface area contributed by atoms with Crippen LogP contribution in [0.4, 0.5) is 10.5 Å². The Morgan fingerprint density at radius 1 is 1.19 bits per heavy atom. The third-order valence-electron chi connectivity index (χ3n) is 4.13. The molecule has 3 rings (SSSR count). The van der Waals surface area contributed by atoms with Gasteiger partial charge < -0.3 is 10.1 Å². The van der Waals surface area contributed by atoms with Crippen LogP contribution in [0.2, 0.25) is 0 Å². The van der Waals surface area contributed by atoms with Crippen LogP contribution < -0.4 is 10.6 Å². The van der Waals surface area contributed by atoms with E-state index in [0.29, 0.717) is 17.8 Å². The van der Waals surface area contributed by atoms with Gasteiger partial charge in [0, 0.05) is 11.1 Å². The lowest BCUT2D eigenvalue weighted by Gasteiger charge is -2.16. The van der Waals surface area contributed by atoms with Crippen LogP contribution in [0.25, 0.3) is 0 Å². The molecular formula is C20H21N3O3. The lowest BCUT2D eigenvalue weighted by molar-refractivity contribution is -0.117. The monoisotopic (exact) mass is 351 g/mol. The smallest absolute Gasteiger partial charge is 0.409 e. The Hall–Kier alpha value is -3.15. The standard InChI is InChI=1S/C20H21N3O3/c1-3-13(2)26-20(25)23-18-19(24)21-16-12-8-7-11-15(16)17(22-18)14-9-5-4-6-10-14/h4-13,18H,3H2,1-2H3,(H,21,24)(H,23,25). The topological polar surface area (TPSA) is 79.8 Å². The highest BCUT2D eigenvalue weighted by atomic mass is 16.6. The molecule has 0 saturated carbocycles. The summed E-state index contributed by atoms with van der Waals surface area (Å²) in [7, 11) is 0. The van der Waals surface area contributed by atoms with E-state index >= 15 is 0 Å². The summed E-state index contributed by atoms with van der Waals surface area (Å²) in [6.45, 7) is 3.71. The van der Waals surface area contributed by atoms with Crippen molar-refractivity contribution in [1.29, 1.82) is 0 Å². The van der Waals surface area contributed by atoms with Gasteiger partial charge in [-0.15, -0.1) is 0 Å². The summed E-state index contributed by atoms with van der Waals surface area (Å²) in [4.78, 5) is 29.2. The number of carbonyl (C=O) groups is 2. The summed E-state index contributed by atoms with van der Waals surface area (Å²) in [5.41, 5.74) is 2.94. The zero-order chi connectivity index (χ0) is 18.5. The average molecular weight is 351 g/mol. The van der Waals surface area contributed by atoms with E-state index in [0.717, 1.165) is 11.1 Å². The number of carbonyl (C=O) groups excluding carboxylic acids is 2. The van der Waals surface area contributed by atoms with Crippen LogP contribution in [0, 0.1) is 0 Å². The van der Waals surface area contributed by atoms with Crippen LogP contribution in [-0.4, -0.2) is 30.0 Å². The average Bonchev–Trinajstić information content (AvgIpc) is 2.79. The lowest BCUT2D eigenvalue weighted by atomic mass is 10.0. The summed E-state index contributed by atoms with van der Waals surface area (Å²) in [5, 5.41) is 5.37. The van der Waals surface area contributed by atoms with Crippen molar-refractivity contribution in [3.63, 3.8) is 0 Å². The molecule has 1 aliphatic rings. The maximum Gasteiger partial charge on any atom is 0.409 e. The number of nitrogens with one attached hydrogen (secondary N) is 2. The van der Waals surface area contributed by atoms with Gasteiger partial charge in [0.2, 0.25) is 6.17 Å². The van der Waals surface area contributed by atoms with Gasteiger partial charge in [-0.1, -0.05) is 55.5 Å². The van der Waals surface area contributed by atoms with Crippen molar-refractivity contribution in [3.8, 4) is 0 Å². The number of benzodiazepines with no additional fused rings is 1. The molecule has 2 atom stereocenters. The fourth-order valence-electron chi connectivity index (χ4n) is 2.59. The van der Waals surface area contributed by atoms with E-state index in [1.807, 2.05) is 61.5 Å². The number of ether oxygens (including phenoxy) is 1. The van der Waals surface area contributed by atoms with E-state index in [1.165, 1.54) is 0 Å². The number of alkyl carbamates (subject to hydrolysis) is 1. The molecule has 6 heteroatoms. The number of rotatable bonds is 4. The van der Waals surface area contributed by atoms with Crippen molar-refractivity contribution in [2.75, 3.05) is 5.32 Å². The molecule has 0 bridgehead atoms. The molecule has 0 spiro atoms. The molecule has 1 aliphatic heterocycles. The predicted molar refractivity (Wildman–Crippen MR) is 100 cm³/mol. The summed E-state index contributed by atoms with van der Waals surface area (Å²) in [6, 6.07) is 17.0. The van der Waals surface area contributed by atoms with Crippen molar-refractivity contribution in [2.24, 2.45) is 4.99 Å². The molecule has 2 N–H and O–H groups in total. The van der Waals surface area contributed by atoms with Crippen LogP contribution in [0.1, 0.15) is 31.4 Å². The van der Waals surface area contributed by atoms with Crippen molar-refractivity contribution >= 4 is 23.4 Å². The Balaban J connectivity index is 1.96. The molecule has 1 heterocycles. The third kappa shape index (κ3) is 3.91. The first-order valence-corrected chi connectivity index (χ1v) is 8.59. The molecule has 0 fully saturated rings. The Bertz CT molecular complexity index is 833. The third-order valence-corrected chi connectivity index (χ3v) is 4.13. The van der Waals surface area contributed by atoms with E-state index in [2.05, 4.69) is 15.6 Å². The van der Waals surface area contributed by atoms with Gasteiger partial charge in [-0.25, -0.2) is 9.79 Å². The molecule has 0 radical (unpaired) electrons. The van der Waals surface area contributed by atoms with Crippen molar-refractivity contribution in [2.45, 2.75) is 32.5 Å². The van der Waals surface area contributed by atoms with E-state index in [-0.39, 0.29) is 6.10 Å². The number of amides is 2. The summed E-state index contributed by atoms with van der Waals surface area (Å²) < 4.78 is 5.21. The van der Waals surface area contributed by atoms with Crippen molar-refractivity contribution in [3.05, 3.63) is 65.7 Å². The summed E-state index contributed by atoms with van der Waals surface area (Å²) >= 11 is 0. The Morgan fingerprint density at radius 2 is 1.88 bits per heavy atom. The summed E-state index contributed by atoms with van der Waals surface area (Å²) in [6.07, 6.45) is -1.29. The van der Waals surface area contributed by atoms with Crippen molar-refractivity contribution in [1.82, 2.24) is 5.32 Å². The highest BCUT2D eigenvalue weighted by Gasteiger charge is 2.27. The minimum Gasteiger partial charge on any atom is -0.447 e. The minimum absolute atomic E-state index is 0.237. The normalized spacial score (nSPS) is 17.2. The number of hydrogen-bond acceptors (Lipinski definition) is 4. The number of hydrogen-bond donors (Lipinski definition) is 2. The molecule has 6 nitrogen and oxygen atoms in total. The van der Waals surface area contributed by atoms with Crippen LogP contribution in [0.5, 0.6) is 0 Å². The van der Waals surface area contributed by atoms with E-state index in [9.17, 15) is 9.59 Å². The zero-order valence-corrected chi connectivity index (χ0v) is 14.7. The van der Waals surface area contributed by atoms with E-state index < -0.39 is 18.2 Å². The van der Waals surface area contributed by atoms with Gasteiger partial charge in [-0.05, 0) is 19.4 Å². The molecule has 26 heavy (non-hydrogen) atoms. The van der Waals surface area contributed by atoms with E-state index in [4.69, 9.17) is 4.74 Å². The predicted octanol–water partition coefficient (Wildman–Crippen LogP) is 3.33. The van der Waals surface area contributed by atoms with Crippen LogP contribution in [0.15, 0.2) is 59.6 Å². The number of anilines is 1. The molecule has 0 aliphatic carbocycles. The molecule has 0 aromatic heterocycles. The van der Waals surface area contributed by atoms with Gasteiger partial charge in [0.1, 0.15) is 6.10 Å². The van der Waals surface area contributed by atoms with Gasteiger partial charge in [0.05, 0.1) is 11.4 Å². The Morgan fingerprint density at radius 3 is 2.62 bits per heavy atom. The fourth-order valence-corrected chi connectivity index (χ4v) is 2.59. The molecule has 2 aromatic rings. The molecule has 2 unspecified atom stereocenters. The van der Waals surface area contributed by atoms with Gasteiger partial charge in [-0.2, -0.15) is 0 Å². The summed E-state index contributed by atoms with van der Waals surface area (Å²) in [5.74, 6) is -0.413. The maximum absolute atomic E-state index is 12.6. The highest BCUT2D eigenvalue weighted by Crippen LogP contribution is 2.23. The minimum atomic E-state index is -1.07. The number of benzene rings is 2. The fraction of sp³-hybridized carbons (Fsp3) is 0.250. The highest BCUT2D eigenvalue weighted by molar-refractivity contribution is 6.19. The van der Waals surface area contributed by atoms with Gasteiger partial charge in [-0.3, -0.25) is 10.1 Å². The first-order valence-electron chi connectivity index (χ1n) is 8.59. The lowest BCUT2D eigenvalue weighted by Crippen LogP contribution is -2.43. The number of fused-ring (bicyclic) bond motifs is 1.